The van der Waals surface area contributed by atoms with E-state index in [1.807, 2.05) is 19.3 Å². The standard InChI is InChI=1S/C13H16FN3/c1-17-6-4-9(5-7-17)13(16)10-2-3-11(14)12(15)8-10/h2-6,8,13H,7,15-16H2,1H3. The first-order valence-corrected chi connectivity index (χ1v) is 5.47. The lowest BCUT2D eigenvalue weighted by Crippen LogP contribution is -2.19. The van der Waals surface area contributed by atoms with Crippen LogP contribution in [0.25, 0.3) is 0 Å². The molecule has 1 heterocycles. The van der Waals surface area contributed by atoms with Gasteiger partial charge in [0.25, 0.3) is 0 Å². The Hall–Kier alpha value is -1.81. The summed E-state index contributed by atoms with van der Waals surface area (Å²) >= 11 is 0. The first-order valence-electron chi connectivity index (χ1n) is 5.47. The molecule has 2 rings (SSSR count). The largest absolute Gasteiger partial charge is 0.396 e. The second kappa shape index (κ2) is 4.59. The molecule has 4 N–H and O–H groups in total. The lowest BCUT2D eigenvalue weighted by molar-refractivity contribution is 0.499. The van der Waals surface area contributed by atoms with Gasteiger partial charge in [-0.1, -0.05) is 12.1 Å². The third-order valence-corrected chi connectivity index (χ3v) is 2.87. The maximum absolute atomic E-state index is 13.1. The van der Waals surface area contributed by atoms with Crippen molar-refractivity contribution in [3.63, 3.8) is 0 Å². The molecule has 0 spiro atoms. The average Bonchev–Trinajstić information content (AvgIpc) is 2.33. The fraction of sp³-hybridized carbons (Fsp3) is 0.231. The number of hydrogen-bond acceptors (Lipinski definition) is 3. The van der Waals surface area contributed by atoms with Gasteiger partial charge >= 0.3 is 0 Å². The van der Waals surface area contributed by atoms with Crippen LogP contribution in [0.3, 0.4) is 0 Å². The van der Waals surface area contributed by atoms with Crippen LogP contribution >= 0.6 is 0 Å². The number of rotatable bonds is 2. The van der Waals surface area contributed by atoms with Crippen LogP contribution in [-0.2, 0) is 0 Å². The summed E-state index contributed by atoms with van der Waals surface area (Å²) in [5, 5.41) is 0. The highest BCUT2D eigenvalue weighted by atomic mass is 19.1. The smallest absolute Gasteiger partial charge is 0.146 e. The van der Waals surface area contributed by atoms with Crippen molar-refractivity contribution < 1.29 is 4.39 Å². The Balaban J connectivity index is 2.23. The Kier molecular flexibility index (Phi) is 3.15. The number of anilines is 1. The molecule has 4 heteroatoms. The molecular weight excluding hydrogens is 217 g/mol. The van der Waals surface area contributed by atoms with Gasteiger partial charge in [0.1, 0.15) is 5.82 Å². The molecule has 0 bridgehead atoms. The van der Waals surface area contributed by atoms with Crippen molar-refractivity contribution in [2.24, 2.45) is 5.73 Å². The van der Waals surface area contributed by atoms with E-state index in [1.54, 1.807) is 12.1 Å². The van der Waals surface area contributed by atoms with Gasteiger partial charge in [0.05, 0.1) is 11.7 Å². The number of hydrogen-bond donors (Lipinski definition) is 2. The molecule has 0 aromatic heterocycles. The van der Waals surface area contributed by atoms with Crippen LogP contribution in [0.1, 0.15) is 11.6 Å². The van der Waals surface area contributed by atoms with Gasteiger partial charge in [-0.3, -0.25) is 0 Å². The minimum Gasteiger partial charge on any atom is -0.396 e. The van der Waals surface area contributed by atoms with Crippen molar-refractivity contribution >= 4 is 5.69 Å². The van der Waals surface area contributed by atoms with Crippen LogP contribution in [0.5, 0.6) is 0 Å². The fourth-order valence-electron chi connectivity index (χ4n) is 1.77. The third kappa shape index (κ3) is 2.47. The third-order valence-electron chi connectivity index (χ3n) is 2.87. The van der Waals surface area contributed by atoms with E-state index in [0.717, 1.165) is 17.7 Å². The van der Waals surface area contributed by atoms with Crippen molar-refractivity contribution in [3.05, 3.63) is 53.5 Å². The molecular formula is C13H16FN3. The summed E-state index contributed by atoms with van der Waals surface area (Å²) in [6.07, 6.45) is 6.00. The van der Waals surface area contributed by atoms with Crippen LogP contribution in [0.15, 0.2) is 42.1 Å². The maximum Gasteiger partial charge on any atom is 0.146 e. The van der Waals surface area contributed by atoms with Crippen molar-refractivity contribution in [1.82, 2.24) is 4.90 Å². The van der Waals surface area contributed by atoms with E-state index in [4.69, 9.17) is 11.5 Å². The highest BCUT2D eigenvalue weighted by Gasteiger charge is 2.13. The maximum atomic E-state index is 13.1. The molecule has 3 nitrogen and oxygen atoms in total. The molecule has 0 radical (unpaired) electrons. The summed E-state index contributed by atoms with van der Waals surface area (Å²) in [4.78, 5) is 2.05. The summed E-state index contributed by atoms with van der Waals surface area (Å²) < 4.78 is 13.1. The second-order valence-electron chi connectivity index (χ2n) is 4.22. The summed E-state index contributed by atoms with van der Waals surface area (Å²) in [6.45, 7) is 0.830. The number of nitrogens with two attached hydrogens (primary N) is 2. The molecule has 17 heavy (non-hydrogen) atoms. The highest BCUT2D eigenvalue weighted by molar-refractivity contribution is 5.46. The molecule has 0 amide bonds. The molecule has 0 fully saturated rings. The van der Waals surface area contributed by atoms with E-state index < -0.39 is 5.82 Å². The molecule has 1 atom stereocenters. The van der Waals surface area contributed by atoms with E-state index in [-0.39, 0.29) is 11.7 Å². The van der Waals surface area contributed by atoms with Crippen LogP contribution in [0.2, 0.25) is 0 Å². The van der Waals surface area contributed by atoms with E-state index in [2.05, 4.69) is 11.0 Å². The Morgan fingerprint density at radius 2 is 2.18 bits per heavy atom. The van der Waals surface area contributed by atoms with E-state index in [0.29, 0.717) is 0 Å². The summed E-state index contributed by atoms with van der Waals surface area (Å²) in [7, 11) is 1.99. The van der Waals surface area contributed by atoms with Crippen LogP contribution < -0.4 is 11.5 Å². The van der Waals surface area contributed by atoms with E-state index >= 15 is 0 Å². The molecule has 1 aromatic rings. The number of likely N-dealkylation sites (N-methyl/N-ethyl adjacent to an activating group) is 1. The molecule has 1 unspecified atom stereocenters. The van der Waals surface area contributed by atoms with Gasteiger partial charge in [-0.2, -0.15) is 0 Å². The quantitative estimate of drug-likeness (QED) is 0.766. The minimum atomic E-state index is -0.408. The highest BCUT2D eigenvalue weighted by Crippen LogP contribution is 2.24. The zero-order valence-corrected chi connectivity index (χ0v) is 9.73. The lowest BCUT2D eigenvalue weighted by Gasteiger charge is -2.21. The SMILES string of the molecule is CN1C=CC(C(N)c2ccc(F)c(N)c2)=CC1. The van der Waals surface area contributed by atoms with Gasteiger partial charge in [-0.05, 0) is 35.5 Å². The van der Waals surface area contributed by atoms with Crippen molar-refractivity contribution in [1.29, 1.82) is 0 Å². The fourth-order valence-corrected chi connectivity index (χ4v) is 1.77. The minimum absolute atomic E-state index is 0.135. The molecule has 1 aromatic carbocycles. The molecule has 0 saturated heterocycles. The Morgan fingerprint density at radius 3 is 2.76 bits per heavy atom. The normalized spacial score (nSPS) is 16.9. The van der Waals surface area contributed by atoms with Gasteiger partial charge in [0, 0.05) is 13.6 Å². The number of benzene rings is 1. The van der Waals surface area contributed by atoms with Gasteiger partial charge in [-0.15, -0.1) is 0 Å². The van der Waals surface area contributed by atoms with Gasteiger partial charge in [0.15, 0.2) is 0 Å². The Bertz CT molecular complexity index is 480. The predicted octanol–water partition coefficient (Wildman–Crippen LogP) is 1.79. The molecule has 0 saturated carbocycles. The van der Waals surface area contributed by atoms with E-state index in [1.165, 1.54) is 6.07 Å². The predicted molar refractivity (Wildman–Crippen MR) is 67.6 cm³/mol. The Morgan fingerprint density at radius 1 is 1.41 bits per heavy atom. The van der Waals surface area contributed by atoms with Crippen LogP contribution in [0, 0.1) is 5.82 Å². The summed E-state index contributed by atoms with van der Waals surface area (Å²) in [5.74, 6) is -0.408. The zero-order valence-electron chi connectivity index (χ0n) is 9.73. The first-order chi connectivity index (χ1) is 8.08. The number of halogens is 1. The Labute approximate surface area is 100 Å². The molecule has 1 aliphatic heterocycles. The lowest BCUT2D eigenvalue weighted by atomic mass is 9.97. The van der Waals surface area contributed by atoms with E-state index in [9.17, 15) is 4.39 Å². The number of nitrogens with zero attached hydrogens (tertiary/aromatic N) is 1. The van der Waals surface area contributed by atoms with Crippen LogP contribution in [-0.4, -0.2) is 18.5 Å². The zero-order chi connectivity index (χ0) is 12.4. The molecule has 1 aliphatic rings. The van der Waals surface area contributed by atoms with Gasteiger partial charge in [-0.25, -0.2) is 4.39 Å². The van der Waals surface area contributed by atoms with Gasteiger partial charge in [0.2, 0.25) is 0 Å². The molecule has 90 valence electrons. The monoisotopic (exact) mass is 233 g/mol. The van der Waals surface area contributed by atoms with Gasteiger partial charge < -0.3 is 16.4 Å². The topological polar surface area (TPSA) is 55.3 Å². The summed E-state index contributed by atoms with van der Waals surface area (Å²) in [6, 6.07) is 4.35. The first kappa shape index (κ1) is 11.7. The van der Waals surface area contributed by atoms with Crippen molar-refractivity contribution in [2.75, 3.05) is 19.3 Å². The summed E-state index contributed by atoms with van der Waals surface area (Å²) in [5.41, 5.74) is 13.6. The number of nitrogen functional groups attached to an aromatic ring is 1. The molecule has 0 aliphatic carbocycles. The van der Waals surface area contributed by atoms with Crippen molar-refractivity contribution in [3.8, 4) is 0 Å². The van der Waals surface area contributed by atoms with Crippen LogP contribution in [0.4, 0.5) is 10.1 Å². The second-order valence-corrected chi connectivity index (χ2v) is 4.22. The van der Waals surface area contributed by atoms with Crippen molar-refractivity contribution in [2.45, 2.75) is 6.04 Å². The average molecular weight is 233 g/mol.